The first-order valence-electron chi connectivity index (χ1n) is 10.2. The summed E-state index contributed by atoms with van der Waals surface area (Å²) >= 11 is 8.01. The average Bonchev–Trinajstić information content (AvgIpc) is 3.19. The van der Waals surface area contributed by atoms with E-state index in [9.17, 15) is 5.11 Å². The SMILES string of the molecule is Cc1nc(N2CCC3(CCOC3)CC2)c(CO)nc1Sc1ccnc(N(C)C)c1Cl. The molecule has 2 saturated heterocycles. The van der Waals surface area contributed by atoms with Crippen molar-refractivity contribution in [2.75, 3.05) is 50.2 Å². The lowest BCUT2D eigenvalue weighted by atomic mass is 9.78. The number of hydrogen-bond donors (Lipinski definition) is 1. The first-order chi connectivity index (χ1) is 14.4. The lowest BCUT2D eigenvalue weighted by Gasteiger charge is -2.39. The molecule has 1 spiro atoms. The minimum atomic E-state index is -0.145. The molecule has 2 aromatic heterocycles. The van der Waals surface area contributed by atoms with Crippen molar-refractivity contribution in [3.63, 3.8) is 0 Å². The Morgan fingerprint density at radius 2 is 2.03 bits per heavy atom. The molecule has 2 aliphatic heterocycles. The molecule has 2 aliphatic rings. The number of aryl methyl sites for hydroxylation is 1. The quantitative estimate of drug-likeness (QED) is 0.742. The molecule has 2 aromatic rings. The van der Waals surface area contributed by atoms with Crippen LogP contribution in [0.15, 0.2) is 22.2 Å². The van der Waals surface area contributed by atoms with Crippen LogP contribution in [0.2, 0.25) is 5.02 Å². The zero-order valence-corrected chi connectivity index (χ0v) is 19.3. The van der Waals surface area contributed by atoms with Crippen LogP contribution in [-0.4, -0.2) is 60.5 Å². The van der Waals surface area contributed by atoms with Crippen LogP contribution in [0.25, 0.3) is 0 Å². The molecule has 0 bridgehead atoms. The van der Waals surface area contributed by atoms with Gasteiger partial charge in [0.25, 0.3) is 0 Å². The van der Waals surface area contributed by atoms with Crippen molar-refractivity contribution in [1.82, 2.24) is 15.0 Å². The van der Waals surface area contributed by atoms with Crippen molar-refractivity contribution in [2.45, 2.75) is 42.7 Å². The number of aliphatic hydroxyl groups is 1. The molecule has 30 heavy (non-hydrogen) atoms. The van der Waals surface area contributed by atoms with E-state index in [-0.39, 0.29) is 6.61 Å². The third-order valence-electron chi connectivity index (χ3n) is 6.00. The van der Waals surface area contributed by atoms with Gasteiger partial charge in [-0.25, -0.2) is 15.0 Å². The maximum Gasteiger partial charge on any atom is 0.153 e. The first kappa shape index (κ1) is 21.6. The predicted molar refractivity (Wildman–Crippen MR) is 120 cm³/mol. The van der Waals surface area contributed by atoms with Gasteiger partial charge in [-0.3, -0.25) is 0 Å². The highest BCUT2D eigenvalue weighted by atomic mass is 35.5. The minimum absolute atomic E-state index is 0.145. The fourth-order valence-electron chi connectivity index (χ4n) is 4.13. The van der Waals surface area contributed by atoms with Gasteiger partial charge in [0.15, 0.2) is 5.82 Å². The molecular weight excluding hydrogens is 422 g/mol. The van der Waals surface area contributed by atoms with Crippen LogP contribution in [0.1, 0.15) is 30.7 Å². The van der Waals surface area contributed by atoms with E-state index in [4.69, 9.17) is 26.3 Å². The summed E-state index contributed by atoms with van der Waals surface area (Å²) < 4.78 is 5.64. The number of anilines is 2. The van der Waals surface area contributed by atoms with Gasteiger partial charge in [-0.1, -0.05) is 23.4 Å². The van der Waals surface area contributed by atoms with Crippen LogP contribution in [0.3, 0.4) is 0 Å². The van der Waals surface area contributed by atoms with Crippen LogP contribution in [-0.2, 0) is 11.3 Å². The molecule has 9 heteroatoms. The van der Waals surface area contributed by atoms with E-state index in [1.54, 1.807) is 6.20 Å². The Kier molecular flexibility index (Phi) is 6.39. The van der Waals surface area contributed by atoms with Crippen molar-refractivity contribution in [3.05, 3.63) is 28.7 Å². The molecule has 0 saturated carbocycles. The van der Waals surface area contributed by atoms with E-state index in [0.717, 1.165) is 67.0 Å². The van der Waals surface area contributed by atoms with Crippen molar-refractivity contribution in [3.8, 4) is 0 Å². The second-order valence-electron chi connectivity index (χ2n) is 8.28. The van der Waals surface area contributed by atoms with Gasteiger partial charge in [0, 0.05) is 44.9 Å². The normalized spacial score (nSPS) is 18.2. The van der Waals surface area contributed by atoms with Gasteiger partial charge in [0.05, 0.1) is 23.9 Å². The standard InChI is InChI=1S/C21H28ClN5O2S/c1-14-20(30-16-4-8-23-19(17(16)22)26(2)3)25-15(12-28)18(24-14)27-9-5-21(6-10-27)7-11-29-13-21/h4,8,28H,5-7,9-13H2,1-3H3. The first-order valence-corrected chi connectivity index (χ1v) is 11.4. The molecule has 0 unspecified atom stereocenters. The minimum Gasteiger partial charge on any atom is -0.390 e. The zero-order chi connectivity index (χ0) is 21.3. The summed E-state index contributed by atoms with van der Waals surface area (Å²) in [5, 5.41) is 11.3. The fraction of sp³-hybridized carbons (Fsp3) is 0.571. The number of nitrogens with zero attached hydrogens (tertiary/aromatic N) is 5. The molecular formula is C21H28ClN5O2S. The number of rotatable bonds is 5. The van der Waals surface area contributed by atoms with Gasteiger partial charge >= 0.3 is 0 Å². The summed E-state index contributed by atoms with van der Waals surface area (Å²) in [4.78, 5) is 18.9. The van der Waals surface area contributed by atoms with E-state index in [0.29, 0.717) is 21.9 Å². The summed E-state index contributed by atoms with van der Waals surface area (Å²) in [6, 6.07) is 1.88. The average molecular weight is 450 g/mol. The maximum atomic E-state index is 10.0. The number of ether oxygens (including phenoxy) is 1. The molecule has 7 nitrogen and oxygen atoms in total. The number of piperidine rings is 1. The summed E-state index contributed by atoms with van der Waals surface area (Å²) in [5.74, 6) is 1.51. The summed E-state index contributed by atoms with van der Waals surface area (Å²) in [5.41, 5.74) is 1.77. The van der Waals surface area contributed by atoms with Gasteiger partial charge in [0.1, 0.15) is 16.5 Å². The van der Waals surface area contributed by atoms with Crippen LogP contribution in [0, 0.1) is 12.3 Å². The predicted octanol–water partition coefficient (Wildman–Crippen LogP) is 3.55. The molecule has 0 atom stereocenters. The summed E-state index contributed by atoms with van der Waals surface area (Å²) in [7, 11) is 3.82. The largest absolute Gasteiger partial charge is 0.390 e. The van der Waals surface area contributed by atoms with Crippen molar-refractivity contribution in [1.29, 1.82) is 0 Å². The van der Waals surface area contributed by atoms with Crippen molar-refractivity contribution in [2.24, 2.45) is 5.41 Å². The lowest BCUT2D eigenvalue weighted by molar-refractivity contribution is 0.133. The molecule has 4 rings (SSSR count). The van der Waals surface area contributed by atoms with Gasteiger partial charge in [0.2, 0.25) is 0 Å². The van der Waals surface area contributed by atoms with E-state index in [1.165, 1.54) is 11.8 Å². The Hall–Kier alpha value is -1.61. The Labute approximate surface area is 186 Å². The highest BCUT2D eigenvalue weighted by Gasteiger charge is 2.38. The van der Waals surface area contributed by atoms with Crippen LogP contribution in [0.4, 0.5) is 11.6 Å². The smallest absolute Gasteiger partial charge is 0.153 e. The van der Waals surface area contributed by atoms with Gasteiger partial charge in [-0.05, 0) is 37.7 Å². The molecule has 0 amide bonds. The fourth-order valence-corrected chi connectivity index (χ4v) is 5.39. The second-order valence-corrected chi connectivity index (χ2v) is 9.68. The molecule has 0 radical (unpaired) electrons. The Morgan fingerprint density at radius 3 is 2.67 bits per heavy atom. The van der Waals surface area contributed by atoms with Crippen LogP contribution in [0.5, 0.6) is 0 Å². The molecule has 162 valence electrons. The number of halogens is 1. The number of hydrogen-bond acceptors (Lipinski definition) is 8. The molecule has 0 aliphatic carbocycles. The molecule has 1 N–H and O–H groups in total. The van der Waals surface area contributed by atoms with Gasteiger partial charge in [-0.15, -0.1) is 0 Å². The zero-order valence-electron chi connectivity index (χ0n) is 17.7. The van der Waals surface area contributed by atoms with Crippen LogP contribution >= 0.6 is 23.4 Å². The Morgan fingerprint density at radius 1 is 1.27 bits per heavy atom. The highest BCUT2D eigenvalue weighted by molar-refractivity contribution is 7.99. The van der Waals surface area contributed by atoms with E-state index in [2.05, 4.69) is 9.88 Å². The van der Waals surface area contributed by atoms with E-state index < -0.39 is 0 Å². The summed E-state index contributed by atoms with van der Waals surface area (Å²) in [6.45, 7) is 5.39. The Bertz CT molecular complexity index is 911. The maximum absolute atomic E-state index is 10.0. The van der Waals surface area contributed by atoms with Crippen molar-refractivity contribution >= 4 is 35.0 Å². The second kappa shape index (κ2) is 8.86. The van der Waals surface area contributed by atoms with E-state index >= 15 is 0 Å². The Balaban J connectivity index is 1.57. The number of pyridine rings is 1. The summed E-state index contributed by atoms with van der Waals surface area (Å²) in [6.07, 6.45) is 5.07. The molecule has 2 fully saturated rings. The van der Waals surface area contributed by atoms with E-state index in [1.807, 2.05) is 32.0 Å². The third-order valence-corrected chi connectivity index (χ3v) is 7.63. The third kappa shape index (κ3) is 4.23. The van der Waals surface area contributed by atoms with Crippen LogP contribution < -0.4 is 9.80 Å². The van der Waals surface area contributed by atoms with Crippen molar-refractivity contribution < 1.29 is 9.84 Å². The lowest BCUT2D eigenvalue weighted by Crippen LogP contribution is -2.41. The number of aliphatic hydroxyl groups excluding tert-OH is 1. The number of aromatic nitrogens is 3. The molecule has 0 aromatic carbocycles. The molecule has 4 heterocycles. The highest BCUT2D eigenvalue weighted by Crippen LogP contribution is 2.41. The van der Waals surface area contributed by atoms with Gasteiger partial charge in [-0.2, -0.15) is 0 Å². The monoisotopic (exact) mass is 449 g/mol. The van der Waals surface area contributed by atoms with Gasteiger partial charge < -0.3 is 19.6 Å². The topological polar surface area (TPSA) is 74.6 Å².